The quantitative estimate of drug-likeness (QED) is 0.473. The molecule has 0 amide bonds. The van der Waals surface area contributed by atoms with Crippen LogP contribution in [0.3, 0.4) is 0 Å². The van der Waals surface area contributed by atoms with Crippen LogP contribution in [0.4, 0.5) is 0 Å². The van der Waals surface area contributed by atoms with E-state index >= 15 is 0 Å². The molecule has 0 saturated carbocycles. The summed E-state index contributed by atoms with van der Waals surface area (Å²) in [6.45, 7) is 2.70. The average Bonchev–Trinajstić information content (AvgIpc) is 2.43. The summed E-state index contributed by atoms with van der Waals surface area (Å²) in [5.41, 5.74) is 0. The van der Waals surface area contributed by atoms with Crippen LogP contribution in [0.5, 0.6) is 0 Å². The van der Waals surface area contributed by atoms with Gasteiger partial charge >= 0.3 is 0 Å². The molecule has 0 saturated heterocycles. The third-order valence-electron chi connectivity index (χ3n) is 3.37. The Balaban J connectivity index is 1.99. The third-order valence-corrected chi connectivity index (χ3v) is 3.37. The largest absolute Gasteiger partial charge is 0.394 e. The zero-order valence-electron chi connectivity index (χ0n) is 12.0. The van der Waals surface area contributed by atoms with Crippen molar-refractivity contribution in [2.75, 3.05) is 13.2 Å². The van der Waals surface area contributed by atoms with E-state index in [9.17, 15) is 5.11 Å². The van der Waals surface area contributed by atoms with Gasteiger partial charge in [-0.25, -0.2) is 0 Å². The highest BCUT2D eigenvalue weighted by molar-refractivity contribution is 4.99. The van der Waals surface area contributed by atoms with Crippen molar-refractivity contribution in [1.29, 1.82) is 0 Å². The first-order valence-electron chi connectivity index (χ1n) is 7.52. The smallest absolute Gasteiger partial charge is 0.177 e. The minimum absolute atomic E-state index is 0.192. The van der Waals surface area contributed by atoms with Gasteiger partial charge < -0.3 is 19.7 Å². The monoisotopic (exact) mass is 272 g/mol. The predicted octanol–water partition coefficient (Wildman–Crippen LogP) is 2.39. The zero-order chi connectivity index (χ0) is 13.9. The van der Waals surface area contributed by atoms with E-state index in [0.717, 1.165) is 6.42 Å². The van der Waals surface area contributed by atoms with Gasteiger partial charge in [0.05, 0.1) is 13.2 Å². The van der Waals surface area contributed by atoms with Crippen LogP contribution in [0.2, 0.25) is 0 Å². The molecule has 1 aliphatic heterocycles. The minimum Gasteiger partial charge on any atom is -0.394 e. The lowest BCUT2D eigenvalue weighted by Gasteiger charge is -2.28. The molecular weight excluding hydrogens is 244 g/mol. The van der Waals surface area contributed by atoms with Crippen molar-refractivity contribution < 1.29 is 19.7 Å². The molecule has 0 aromatic carbocycles. The van der Waals surface area contributed by atoms with Gasteiger partial charge in [0.1, 0.15) is 12.2 Å². The second-order valence-electron chi connectivity index (χ2n) is 5.09. The van der Waals surface area contributed by atoms with E-state index in [0.29, 0.717) is 6.61 Å². The maximum atomic E-state index is 9.47. The van der Waals surface area contributed by atoms with Crippen molar-refractivity contribution in [2.24, 2.45) is 0 Å². The summed E-state index contributed by atoms with van der Waals surface area (Å²) in [4.78, 5) is 0. The summed E-state index contributed by atoms with van der Waals surface area (Å²) in [6.07, 6.45) is 10.4. The Bertz CT molecular complexity index is 242. The molecule has 1 aliphatic rings. The first-order chi connectivity index (χ1) is 9.27. The molecule has 19 heavy (non-hydrogen) atoms. The summed E-state index contributed by atoms with van der Waals surface area (Å²) < 4.78 is 11.0. The first kappa shape index (κ1) is 16.6. The van der Waals surface area contributed by atoms with Crippen LogP contribution in [-0.2, 0) is 9.47 Å². The fourth-order valence-electron chi connectivity index (χ4n) is 2.13. The van der Waals surface area contributed by atoms with Gasteiger partial charge in [-0.15, -0.1) is 0 Å². The Kier molecular flexibility index (Phi) is 9.08. The molecule has 0 aromatic heterocycles. The highest BCUT2D eigenvalue weighted by atomic mass is 16.7. The highest BCUT2D eigenvalue weighted by Crippen LogP contribution is 2.14. The van der Waals surface area contributed by atoms with Gasteiger partial charge in [0.15, 0.2) is 6.29 Å². The lowest BCUT2D eigenvalue weighted by atomic mass is 10.1. The molecule has 0 fully saturated rings. The number of ether oxygens (including phenoxy) is 2. The molecule has 3 unspecified atom stereocenters. The van der Waals surface area contributed by atoms with E-state index in [4.69, 9.17) is 14.6 Å². The molecule has 2 N–H and O–H groups in total. The normalized spacial score (nSPS) is 26.8. The standard InChI is InChI=1S/C15H28O4/c1-2-3-4-5-6-7-8-11-18-15-10-9-13(17)14(12-16)19-15/h9-10,13-17H,2-8,11-12H2,1H3. The van der Waals surface area contributed by atoms with Gasteiger partial charge in [0, 0.05) is 0 Å². The SMILES string of the molecule is CCCCCCCCCOC1C=CC(O)C(CO)O1. The van der Waals surface area contributed by atoms with Gasteiger partial charge in [-0.3, -0.25) is 0 Å². The molecular formula is C15H28O4. The Hall–Kier alpha value is -0.420. The van der Waals surface area contributed by atoms with Crippen LogP contribution in [0.15, 0.2) is 12.2 Å². The Morgan fingerprint density at radius 3 is 2.42 bits per heavy atom. The summed E-state index contributed by atoms with van der Waals surface area (Å²) in [5.74, 6) is 0. The summed E-state index contributed by atoms with van der Waals surface area (Å²) >= 11 is 0. The van der Waals surface area contributed by atoms with Crippen molar-refractivity contribution in [1.82, 2.24) is 0 Å². The Morgan fingerprint density at radius 2 is 1.74 bits per heavy atom. The van der Waals surface area contributed by atoms with E-state index in [-0.39, 0.29) is 6.61 Å². The second-order valence-corrected chi connectivity index (χ2v) is 5.09. The van der Waals surface area contributed by atoms with Crippen LogP contribution in [-0.4, -0.2) is 41.9 Å². The Labute approximate surface area is 116 Å². The molecule has 0 aliphatic carbocycles. The van der Waals surface area contributed by atoms with E-state index in [1.54, 1.807) is 12.2 Å². The van der Waals surface area contributed by atoms with Gasteiger partial charge in [-0.1, -0.05) is 51.5 Å². The predicted molar refractivity (Wildman–Crippen MR) is 74.8 cm³/mol. The number of aliphatic hydroxyl groups is 2. The Morgan fingerprint density at radius 1 is 1.05 bits per heavy atom. The lowest BCUT2D eigenvalue weighted by molar-refractivity contribution is -0.180. The van der Waals surface area contributed by atoms with Crippen LogP contribution in [0, 0.1) is 0 Å². The van der Waals surface area contributed by atoms with Crippen molar-refractivity contribution >= 4 is 0 Å². The number of hydrogen-bond acceptors (Lipinski definition) is 4. The zero-order valence-corrected chi connectivity index (χ0v) is 12.0. The van der Waals surface area contributed by atoms with Crippen molar-refractivity contribution in [3.8, 4) is 0 Å². The summed E-state index contributed by atoms with van der Waals surface area (Å²) in [5, 5.41) is 18.5. The highest BCUT2D eigenvalue weighted by Gasteiger charge is 2.24. The fraction of sp³-hybridized carbons (Fsp3) is 0.867. The average molecular weight is 272 g/mol. The van der Waals surface area contributed by atoms with Crippen molar-refractivity contribution in [3.05, 3.63) is 12.2 Å². The van der Waals surface area contributed by atoms with Crippen LogP contribution >= 0.6 is 0 Å². The number of aliphatic hydroxyl groups excluding tert-OH is 2. The molecule has 112 valence electrons. The number of hydrogen-bond donors (Lipinski definition) is 2. The van der Waals surface area contributed by atoms with Gasteiger partial charge in [0.2, 0.25) is 0 Å². The van der Waals surface area contributed by atoms with E-state index in [1.165, 1.54) is 38.5 Å². The molecule has 1 rings (SSSR count). The lowest BCUT2D eigenvalue weighted by Crippen LogP contribution is -2.38. The summed E-state index contributed by atoms with van der Waals surface area (Å²) in [6, 6.07) is 0. The number of rotatable bonds is 10. The fourth-order valence-corrected chi connectivity index (χ4v) is 2.13. The molecule has 3 atom stereocenters. The van der Waals surface area contributed by atoms with Crippen LogP contribution < -0.4 is 0 Å². The third kappa shape index (κ3) is 7.06. The molecule has 0 aromatic rings. The molecule has 4 heteroatoms. The second kappa shape index (κ2) is 10.4. The maximum Gasteiger partial charge on any atom is 0.177 e. The van der Waals surface area contributed by atoms with E-state index in [2.05, 4.69) is 6.92 Å². The van der Waals surface area contributed by atoms with Crippen LogP contribution in [0.1, 0.15) is 51.9 Å². The van der Waals surface area contributed by atoms with Crippen LogP contribution in [0.25, 0.3) is 0 Å². The molecule has 4 nitrogen and oxygen atoms in total. The first-order valence-corrected chi connectivity index (χ1v) is 7.52. The van der Waals surface area contributed by atoms with Gasteiger partial charge in [0.25, 0.3) is 0 Å². The van der Waals surface area contributed by atoms with Gasteiger partial charge in [-0.2, -0.15) is 0 Å². The van der Waals surface area contributed by atoms with E-state index in [1.807, 2.05) is 0 Å². The number of unbranched alkanes of at least 4 members (excludes halogenated alkanes) is 6. The molecule has 0 bridgehead atoms. The molecule has 1 heterocycles. The maximum absolute atomic E-state index is 9.47. The van der Waals surface area contributed by atoms with Gasteiger partial charge in [-0.05, 0) is 12.5 Å². The molecule has 0 radical (unpaired) electrons. The van der Waals surface area contributed by atoms with E-state index < -0.39 is 18.5 Å². The van der Waals surface area contributed by atoms with Crippen molar-refractivity contribution in [3.63, 3.8) is 0 Å². The molecule has 0 spiro atoms. The topological polar surface area (TPSA) is 58.9 Å². The van der Waals surface area contributed by atoms with Crippen molar-refractivity contribution in [2.45, 2.75) is 70.4 Å². The minimum atomic E-state index is -0.733. The summed E-state index contributed by atoms with van der Waals surface area (Å²) in [7, 11) is 0.